The lowest BCUT2D eigenvalue weighted by atomic mass is 10.1. The molecule has 0 amide bonds. The highest BCUT2D eigenvalue weighted by molar-refractivity contribution is 8.00. The fraction of sp³-hybridized carbons (Fsp3) is 0.250. The van der Waals surface area contributed by atoms with Crippen LogP contribution in [-0.4, -0.2) is 21.9 Å². The van der Waals surface area contributed by atoms with Crippen LogP contribution in [0.25, 0.3) is 0 Å². The fourth-order valence-corrected chi connectivity index (χ4v) is 4.07. The Balaban J connectivity index is 1.71. The highest BCUT2D eigenvalue weighted by atomic mass is 35.5. The van der Waals surface area contributed by atoms with E-state index in [1.54, 1.807) is 7.11 Å². The second-order valence-corrected chi connectivity index (χ2v) is 7.88. The molecular weight excluding hydrogens is 366 g/mol. The Hall–Kier alpha value is -2.11. The number of benzene rings is 2. The van der Waals surface area contributed by atoms with Crippen molar-refractivity contribution in [1.82, 2.24) is 9.55 Å². The van der Waals surface area contributed by atoms with Gasteiger partial charge < -0.3 is 15.0 Å². The van der Waals surface area contributed by atoms with Gasteiger partial charge >= 0.3 is 0 Å². The van der Waals surface area contributed by atoms with Crippen molar-refractivity contribution in [2.75, 3.05) is 12.8 Å². The quantitative estimate of drug-likeness (QED) is 0.440. The summed E-state index contributed by atoms with van der Waals surface area (Å²) < 4.78 is 7.47. The van der Waals surface area contributed by atoms with Crippen molar-refractivity contribution < 1.29 is 4.74 Å². The number of aryl methyl sites for hydroxylation is 1. The van der Waals surface area contributed by atoms with Gasteiger partial charge in [0, 0.05) is 34.1 Å². The van der Waals surface area contributed by atoms with Crippen molar-refractivity contribution in [1.29, 1.82) is 0 Å². The average molecular weight is 388 g/mol. The normalized spacial score (nSPS) is 12.1. The zero-order valence-corrected chi connectivity index (χ0v) is 16.2. The van der Waals surface area contributed by atoms with Crippen LogP contribution in [0.3, 0.4) is 0 Å². The van der Waals surface area contributed by atoms with E-state index < -0.39 is 0 Å². The molecule has 1 aromatic heterocycles. The molecule has 1 unspecified atom stereocenters. The molecule has 136 valence electrons. The number of thioether (sulfide) groups is 1. The predicted octanol–water partition coefficient (Wildman–Crippen LogP) is 4.92. The topological polar surface area (TPSA) is 53.1 Å². The molecule has 2 aromatic carbocycles. The van der Waals surface area contributed by atoms with Crippen LogP contribution in [0.1, 0.15) is 12.0 Å². The van der Waals surface area contributed by atoms with Crippen molar-refractivity contribution in [2.45, 2.75) is 29.5 Å². The fourth-order valence-electron chi connectivity index (χ4n) is 2.75. The predicted molar refractivity (Wildman–Crippen MR) is 109 cm³/mol. The first-order chi connectivity index (χ1) is 12.6. The monoisotopic (exact) mass is 387 g/mol. The number of nitrogens with zero attached hydrogens (tertiary/aromatic N) is 2. The van der Waals surface area contributed by atoms with Crippen LogP contribution in [0.15, 0.2) is 66.1 Å². The highest BCUT2D eigenvalue weighted by Gasteiger charge is 2.13. The molecule has 1 atom stereocenters. The zero-order valence-electron chi connectivity index (χ0n) is 14.6. The van der Waals surface area contributed by atoms with Gasteiger partial charge in [0.2, 0.25) is 0 Å². The molecule has 0 aliphatic heterocycles. The Bertz CT molecular complexity index is 822. The van der Waals surface area contributed by atoms with Gasteiger partial charge in [-0.15, -0.1) is 11.8 Å². The summed E-state index contributed by atoms with van der Waals surface area (Å²) in [4.78, 5) is 5.30. The summed E-state index contributed by atoms with van der Waals surface area (Å²) in [6.45, 7) is 0.894. The average Bonchev–Trinajstić information content (AvgIpc) is 3.15. The minimum atomic E-state index is 0.396. The first-order valence-electron chi connectivity index (χ1n) is 8.44. The number of rotatable bonds is 8. The molecule has 0 spiro atoms. The van der Waals surface area contributed by atoms with Gasteiger partial charge in [0.15, 0.2) is 0 Å². The summed E-state index contributed by atoms with van der Waals surface area (Å²) in [7, 11) is 1.64. The van der Waals surface area contributed by atoms with Crippen molar-refractivity contribution in [3.63, 3.8) is 0 Å². The molecule has 0 saturated heterocycles. The van der Waals surface area contributed by atoms with E-state index in [9.17, 15) is 0 Å². The first kappa shape index (κ1) is 18.7. The van der Waals surface area contributed by atoms with E-state index in [1.807, 2.05) is 60.8 Å². The number of nitrogens with two attached hydrogens (primary N) is 1. The first-order valence-corrected chi connectivity index (χ1v) is 9.70. The van der Waals surface area contributed by atoms with Crippen molar-refractivity contribution in [3.05, 3.63) is 71.8 Å². The molecule has 0 saturated carbocycles. The highest BCUT2D eigenvalue weighted by Crippen LogP contribution is 2.33. The van der Waals surface area contributed by atoms with E-state index >= 15 is 0 Å². The van der Waals surface area contributed by atoms with Gasteiger partial charge in [-0.25, -0.2) is 4.98 Å². The number of imidazole rings is 1. The smallest absolute Gasteiger partial charge is 0.142 e. The molecule has 0 fully saturated rings. The standard InChI is InChI=1S/C20H22ClN3OS/c1-25-20-12-17(8-9-19(20)22)26-18(13-24-11-10-23-14-24)7-4-15-2-5-16(21)6-3-15/h2-3,5-6,8-12,14,18H,4,7,13,22H2,1H3. The molecule has 1 heterocycles. The molecule has 6 heteroatoms. The third-order valence-electron chi connectivity index (χ3n) is 4.15. The number of aromatic nitrogens is 2. The Labute approximate surface area is 163 Å². The Morgan fingerprint density at radius 2 is 2.04 bits per heavy atom. The number of hydrogen-bond donors (Lipinski definition) is 1. The maximum atomic E-state index is 5.98. The van der Waals surface area contributed by atoms with Crippen molar-refractivity contribution in [3.8, 4) is 5.75 Å². The number of anilines is 1. The summed E-state index contributed by atoms with van der Waals surface area (Å²) in [5, 5.41) is 1.17. The molecule has 3 aromatic rings. The summed E-state index contributed by atoms with van der Waals surface area (Å²) in [5.74, 6) is 0.717. The summed E-state index contributed by atoms with van der Waals surface area (Å²) in [6.07, 6.45) is 7.71. The molecule has 4 nitrogen and oxygen atoms in total. The van der Waals surface area contributed by atoms with Crippen LogP contribution >= 0.6 is 23.4 Å². The maximum absolute atomic E-state index is 5.98. The second-order valence-electron chi connectivity index (χ2n) is 6.07. The lowest BCUT2D eigenvalue weighted by molar-refractivity contribution is 0.416. The van der Waals surface area contributed by atoms with E-state index in [-0.39, 0.29) is 0 Å². The molecule has 26 heavy (non-hydrogen) atoms. The lowest BCUT2D eigenvalue weighted by Gasteiger charge is -2.18. The Morgan fingerprint density at radius 1 is 1.23 bits per heavy atom. The van der Waals surface area contributed by atoms with Gasteiger partial charge in [-0.05, 0) is 48.7 Å². The number of hydrogen-bond acceptors (Lipinski definition) is 4. The van der Waals surface area contributed by atoms with E-state index in [0.717, 1.165) is 29.3 Å². The summed E-state index contributed by atoms with van der Waals surface area (Å²) in [6, 6.07) is 14.0. The molecule has 0 aliphatic carbocycles. The minimum Gasteiger partial charge on any atom is -0.495 e. The van der Waals surface area contributed by atoms with Crippen LogP contribution in [0, 0.1) is 0 Å². The molecule has 0 aliphatic rings. The van der Waals surface area contributed by atoms with Gasteiger partial charge in [0.1, 0.15) is 5.75 Å². The molecule has 0 bridgehead atoms. The number of ether oxygens (including phenoxy) is 1. The SMILES string of the molecule is COc1cc(SC(CCc2ccc(Cl)cc2)Cn2ccnc2)ccc1N. The van der Waals surface area contributed by atoms with E-state index in [4.69, 9.17) is 22.1 Å². The molecule has 2 N–H and O–H groups in total. The number of nitrogen functional groups attached to an aromatic ring is 1. The number of methoxy groups -OCH3 is 1. The molecular formula is C20H22ClN3OS. The Kier molecular flexibility index (Phi) is 6.47. The van der Waals surface area contributed by atoms with Gasteiger partial charge in [-0.3, -0.25) is 0 Å². The van der Waals surface area contributed by atoms with E-state index in [0.29, 0.717) is 16.7 Å². The molecule has 3 rings (SSSR count). The van der Waals surface area contributed by atoms with Crippen LogP contribution < -0.4 is 10.5 Å². The third-order valence-corrected chi connectivity index (χ3v) is 5.65. The van der Waals surface area contributed by atoms with Crippen LogP contribution in [0.4, 0.5) is 5.69 Å². The van der Waals surface area contributed by atoms with Crippen molar-refractivity contribution >= 4 is 29.1 Å². The van der Waals surface area contributed by atoms with Gasteiger partial charge in [0.05, 0.1) is 19.1 Å². The van der Waals surface area contributed by atoms with E-state index in [1.165, 1.54) is 5.56 Å². The molecule has 0 radical (unpaired) electrons. The van der Waals surface area contributed by atoms with Crippen molar-refractivity contribution in [2.24, 2.45) is 0 Å². The largest absolute Gasteiger partial charge is 0.495 e. The summed E-state index contributed by atoms with van der Waals surface area (Å²) in [5.41, 5.74) is 7.88. The zero-order chi connectivity index (χ0) is 18.4. The Morgan fingerprint density at radius 3 is 2.73 bits per heavy atom. The number of halogens is 1. The van der Waals surface area contributed by atoms with Gasteiger partial charge in [-0.2, -0.15) is 0 Å². The summed E-state index contributed by atoms with van der Waals surface area (Å²) >= 11 is 7.82. The maximum Gasteiger partial charge on any atom is 0.142 e. The van der Waals surface area contributed by atoms with E-state index in [2.05, 4.69) is 21.7 Å². The van der Waals surface area contributed by atoms with Gasteiger partial charge in [0.25, 0.3) is 0 Å². The van der Waals surface area contributed by atoms with Crippen LogP contribution in [0.5, 0.6) is 5.75 Å². The van der Waals surface area contributed by atoms with Crippen LogP contribution in [0.2, 0.25) is 5.02 Å². The van der Waals surface area contributed by atoms with Crippen LogP contribution in [-0.2, 0) is 13.0 Å². The third kappa shape index (κ3) is 5.19. The minimum absolute atomic E-state index is 0.396. The lowest BCUT2D eigenvalue weighted by Crippen LogP contribution is -2.13. The second kappa shape index (κ2) is 9.01. The van der Waals surface area contributed by atoms with Gasteiger partial charge in [-0.1, -0.05) is 23.7 Å².